The van der Waals surface area contributed by atoms with Crippen molar-refractivity contribution in [3.8, 4) is 5.75 Å². The molecule has 1 aliphatic carbocycles. The molecule has 2 aliphatic heterocycles. The average Bonchev–Trinajstić information content (AvgIpc) is 2.75. The molecule has 2 heterocycles. The SMILES string of the molecule is CC1(C)OB(c2ccc3c(c2)OC2(CCCCC2)CC3)OC1(C)C. The zero-order chi connectivity index (χ0) is 17.0. The summed E-state index contributed by atoms with van der Waals surface area (Å²) < 4.78 is 19.0. The molecular weight excluding hydrogens is 299 g/mol. The lowest BCUT2D eigenvalue weighted by atomic mass is 9.76. The molecule has 0 unspecified atom stereocenters. The Labute approximate surface area is 146 Å². The Hall–Kier alpha value is -0.995. The molecule has 0 atom stereocenters. The summed E-state index contributed by atoms with van der Waals surface area (Å²) in [6.07, 6.45) is 8.64. The Morgan fingerprint density at radius 1 is 0.875 bits per heavy atom. The molecule has 3 aliphatic rings. The second-order valence-corrected chi connectivity index (χ2v) is 8.80. The lowest BCUT2D eigenvalue weighted by Crippen LogP contribution is -2.42. The van der Waals surface area contributed by atoms with Gasteiger partial charge in [-0.05, 0) is 83.3 Å². The molecule has 3 nitrogen and oxygen atoms in total. The maximum absolute atomic E-state index is 6.55. The van der Waals surface area contributed by atoms with E-state index in [1.807, 2.05) is 0 Å². The number of ether oxygens (including phenoxy) is 1. The first kappa shape index (κ1) is 16.5. The highest BCUT2D eigenvalue weighted by atomic mass is 16.7. The molecule has 24 heavy (non-hydrogen) atoms. The third-order valence-electron chi connectivity index (χ3n) is 6.56. The van der Waals surface area contributed by atoms with Gasteiger partial charge in [-0.3, -0.25) is 0 Å². The van der Waals surface area contributed by atoms with Gasteiger partial charge in [-0.25, -0.2) is 0 Å². The van der Waals surface area contributed by atoms with Crippen molar-refractivity contribution in [2.75, 3.05) is 0 Å². The highest BCUT2D eigenvalue weighted by Gasteiger charge is 2.52. The number of benzene rings is 1. The Balaban J connectivity index is 1.59. The van der Waals surface area contributed by atoms with Crippen LogP contribution in [0.5, 0.6) is 5.75 Å². The summed E-state index contributed by atoms with van der Waals surface area (Å²) in [5.74, 6) is 1.05. The maximum Gasteiger partial charge on any atom is 0.494 e. The van der Waals surface area contributed by atoms with Gasteiger partial charge in [0.1, 0.15) is 11.4 Å². The van der Waals surface area contributed by atoms with E-state index in [-0.39, 0.29) is 23.9 Å². The predicted octanol–water partition coefficient (Wildman–Crippen LogP) is 4.01. The minimum Gasteiger partial charge on any atom is -0.487 e. The summed E-state index contributed by atoms with van der Waals surface area (Å²) >= 11 is 0. The molecule has 0 radical (unpaired) electrons. The molecule has 2 fully saturated rings. The van der Waals surface area contributed by atoms with Crippen LogP contribution in [0.1, 0.15) is 71.8 Å². The van der Waals surface area contributed by atoms with Gasteiger partial charge in [-0.2, -0.15) is 0 Å². The molecule has 4 heteroatoms. The van der Waals surface area contributed by atoms with Gasteiger partial charge in [0, 0.05) is 0 Å². The molecule has 1 saturated carbocycles. The lowest BCUT2D eigenvalue weighted by Gasteiger charge is -2.41. The van der Waals surface area contributed by atoms with Crippen LogP contribution >= 0.6 is 0 Å². The van der Waals surface area contributed by atoms with Gasteiger partial charge in [-0.15, -0.1) is 0 Å². The number of aryl methyl sites for hydroxylation is 1. The van der Waals surface area contributed by atoms with Crippen molar-refractivity contribution in [3.63, 3.8) is 0 Å². The van der Waals surface area contributed by atoms with Crippen molar-refractivity contribution >= 4 is 12.6 Å². The molecule has 1 aromatic carbocycles. The molecule has 1 saturated heterocycles. The standard InChI is InChI=1S/C20H29BO3/c1-18(2)19(3,4)24-21(23-18)16-9-8-15-10-13-20(22-17(15)14-16)11-6-5-7-12-20/h8-9,14H,5-7,10-13H2,1-4H3. The molecule has 1 spiro atoms. The van der Waals surface area contributed by atoms with Crippen LogP contribution in [-0.4, -0.2) is 23.9 Å². The van der Waals surface area contributed by atoms with Gasteiger partial charge in [0.25, 0.3) is 0 Å². The number of hydrogen-bond donors (Lipinski definition) is 0. The van der Waals surface area contributed by atoms with Crippen molar-refractivity contribution in [3.05, 3.63) is 23.8 Å². The van der Waals surface area contributed by atoms with E-state index >= 15 is 0 Å². The zero-order valence-corrected chi connectivity index (χ0v) is 15.5. The van der Waals surface area contributed by atoms with Gasteiger partial charge >= 0.3 is 7.12 Å². The quantitative estimate of drug-likeness (QED) is 0.729. The molecule has 0 aromatic heterocycles. The van der Waals surface area contributed by atoms with Crippen molar-refractivity contribution < 1.29 is 14.0 Å². The first-order valence-corrected chi connectivity index (χ1v) is 9.48. The van der Waals surface area contributed by atoms with Gasteiger partial charge < -0.3 is 14.0 Å². The summed E-state index contributed by atoms with van der Waals surface area (Å²) in [5, 5.41) is 0. The minimum absolute atomic E-state index is 0.0831. The van der Waals surface area contributed by atoms with Gasteiger partial charge in [0.05, 0.1) is 11.2 Å². The second kappa shape index (κ2) is 5.50. The molecule has 4 rings (SSSR count). The topological polar surface area (TPSA) is 27.7 Å². The molecule has 0 amide bonds. The molecule has 130 valence electrons. The smallest absolute Gasteiger partial charge is 0.487 e. The number of rotatable bonds is 1. The fraction of sp³-hybridized carbons (Fsp3) is 0.700. The van der Waals surface area contributed by atoms with Crippen LogP contribution in [0.15, 0.2) is 18.2 Å². The van der Waals surface area contributed by atoms with Crippen molar-refractivity contribution in [2.45, 2.75) is 89.4 Å². The summed E-state index contributed by atoms with van der Waals surface area (Å²) in [6, 6.07) is 6.50. The Morgan fingerprint density at radius 2 is 1.54 bits per heavy atom. The van der Waals surface area contributed by atoms with E-state index in [4.69, 9.17) is 14.0 Å². The maximum atomic E-state index is 6.55. The predicted molar refractivity (Wildman–Crippen MR) is 96.9 cm³/mol. The van der Waals surface area contributed by atoms with Crippen molar-refractivity contribution in [1.29, 1.82) is 0 Å². The largest absolute Gasteiger partial charge is 0.494 e. The first-order valence-electron chi connectivity index (χ1n) is 9.48. The van der Waals surface area contributed by atoms with E-state index in [0.717, 1.165) is 24.1 Å². The van der Waals surface area contributed by atoms with Crippen LogP contribution < -0.4 is 10.2 Å². The lowest BCUT2D eigenvalue weighted by molar-refractivity contribution is 0.00578. The zero-order valence-electron chi connectivity index (χ0n) is 15.5. The van der Waals surface area contributed by atoms with E-state index in [9.17, 15) is 0 Å². The normalized spacial score (nSPS) is 26.9. The Kier molecular flexibility index (Phi) is 3.78. The van der Waals surface area contributed by atoms with Crippen LogP contribution in [0.25, 0.3) is 0 Å². The molecule has 0 bridgehead atoms. The van der Waals surface area contributed by atoms with E-state index in [2.05, 4.69) is 45.9 Å². The number of fused-ring (bicyclic) bond motifs is 1. The Morgan fingerprint density at radius 3 is 2.21 bits per heavy atom. The Bertz CT molecular complexity index is 616. The van der Waals surface area contributed by atoms with Crippen molar-refractivity contribution in [2.24, 2.45) is 0 Å². The van der Waals surface area contributed by atoms with Crippen LogP contribution in [0.4, 0.5) is 0 Å². The number of hydrogen-bond acceptors (Lipinski definition) is 3. The fourth-order valence-corrected chi connectivity index (χ4v) is 4.19. The van der Waals surface area contributed by atoms with Gasteiger partial charge in [0.15, 0.2) is 0 Å². The summed E-state index contributed by atoms with van der Waals surface area (Å²) in [4.78, 5) is 0. The summed E-state index contributed by atoms with van der Waals surface area (Å²) in [5.41, 5.74) is 1.87. The van der Waals surface area contributed by atoms with Crippen LogP contribution in [-0.2, 0) is 15.7 Å². The second-order valence-electron chi connectivity index (χ2n) is 8.80. The minimum atomic E-state index is -0.312. The first-order chi connectivity index (χ1) is 11.3. The van der Waals surface area contributed by atoms with Gasteiger partial charge in [-0.1, -0.05) is 18.6 Å². The summed E-state index contributed by atoms with van der Waals surface area (Å²) in [6.45, 7) is 8.38. The third-order valence-corrected chi connectivity index (χ3v) is 6.56. The van der Waals surface area contributed by atoms with Crippen LogP contribution in [0.3, 0.4) is 0 Å². The molecule has 1 aromatic rings. The van der Waals surface area contributed by atoms with E-state index in [1.165, 1.54) is 37.7 Å². The highest BCUT2D eigenvalue weighted by molar-refractivity contribution is 6.62. The highest BCUT2D eigenvalue weighted by Crippen LogP contribution is 2.42. The third kappa shape index (κ3) is 2.68. The van der Waals surface area contributed by atoms with E-state index in [1.54, 1.807) is 0 Å². The summed E-state index contributed by atoms with van der Waals surface area (Å²) in [7, 11) is -0.312. The molecule has 0 N–H and O–H groups in total. The van der Waals surface area contributed by atoms with E-state index in [0.29, 0.717) is 0 Å². The monoisotopic (exact) mass is 328 g/mol. The van der Waals surface area contributed by atoms with Crippen LogP contribution in [0, 0.1) is 0 Å². The van der Waals surface area contributed by atoms with Crippen LogP contribution in [0.2, 0.25) is 0 Å². The van der Waals surface area contributed by atoms with E-state index < -0.39 is 0 Å². The average molecular weight is 328 g/mol. The fourth-order valence-electron chi connectivity index (χ4n) is 4.19. The molecular formula is C20H29BO3. The van der Waals surface area contributed by atoms with Gasteiger partial charge in [0.2, 0.25) is 0 Å². The van der Waals surface area contributed by atoms with Crippen molar-refractivity contribution in [1.82, 2.24) is 0 Å².